The lowest BCUT2D eigenvalue weighted by Crippen LogP contribution is -2.43. The molecule has 8 nitrogen and oxygen atoms in total. The van der Waals surface area contributed by atoms with E-state index in [1.807, 2.05) is 12.3 Å². The number of rotatable bonds is 4. The third kappa shape index (κ3) is 3.90. The molecule has 4 aromatic rings. The summed E-state index contributed by atoms with van der Waals surface area (Å²) in [6, 6.07) is 8.07. The molecule has 0 atom stereocenters. The van der Waals surface area contributed by atoms with Gasteiger partial charge in [0.05, 0.1) is 27.2 Å². The summed E-state index contributed by atoms with van der Waals surface area (Å²) >= 11 is 1.53. The minimum atomic E-state index is 0.0767. The molecule has 1 aliphatic heterocycles. The standard InChI is InChI=1S/C24H25N7OS/c1-14-21(25)15(11-26-2)9-18(23(14)32)24-29-19-4-3-16(31-7-5-27-6-8-31)10-17(19)22(30-24)20-12-28-13-33-20/h3-4,9-13,27,32H,5-8,25H2,1-2H3. The van der Waals surface area contributed by atoms with Gasteiger partial charge in [-0.25, -0.2) is 9.97 Å². The van der Waals surface area contributed by atoms with Crippen LogP contribution in [0.5, 0.6) is 5.75 Å². The third-order valence-corrected chi connectivity index (χ3v) is 6.74. The number of nitrogens with zero attached hydrogens (tertiary/aromatic N) is 5. The van der Waals surface area contributed by atoms with Crippen molar-refractivity contribution in [1.29, 1.82) is 0 Å². The van der Waals surface area contributed by atoms with E-state index in [1.165, 1.54) is 11.3 Å². The van der Waals surface area contributed by atoms with Crippen LogP contribution in [0.4, 0.5) is 11.4 Å². The lowest BCUT2D eigenvalue weighted by Gasteiger charge is -2.29. The van der Waals surface area contributed by atoms with Crippen molar-refractivity contribution >= 4 is 39.8 Å². The molecule has 5 rings (SSSR count). The van der Waals surface area contributed by atoms with Crippen LogP contribution in [0.2, 0.25) is 0 Å². The number of fused-ring (bicyclic) bond motifs is 1. The van der Waals surface area contributed by atoms with Gasteiger partial charge in [-0.15, -0.1) is 11.3 Å². The molecule has 0 aliphatic carbocycles. The number of aliphatic imine (C=N–C) groups is 1. The van der Waals surface area contributed by atoms with Crippen LogP contribution < -0.4 is 16.0 Å². The van der Waals surface area contributed by atoms with E-state index in [4.69, 9.17) is 15.7 Å². The number of nitrogens with one attached hydrogen (secondary N) is 1. The summed E-state index contributed by atoms with van der Waals surface area (Å²) < 4.78 is 0. The number of nitrogen functional groups attached to an aromatic ring is 1. The highest BCUT2D eigenvalue weighted by molar-refractivity contribution is 7.13. The highest BCUT2D eigenvalue weighted by Gasteiger charge is 2.20. The van der Waals surface area contributed by atoms with Gasteiger partial charge in [0.25, 0.3) is 0 Å². The fourth-order valence-electron chi connectivity index (χ4n) is 4.14. The van der Waals surface area contributed by atoms with Crippen LogP contribution in [-0.4, -0.2) is 59.5 Å². The third-order valence-electron chi connectivity index (χ3n) is 5.96. The molecule has 3 heterocycles. The number of piperazine rings is 1. The fraction of sp³-hybridized carbons (Fsp3) is 0.250. The average molecular weight is 460 g/mol. The minimum absolute atomic E-state index is 0.0767. The van der Waals surface area contributed by atoms with Crippen molar-refractivity contribution in [2.75, 3.05) is 43.9 Å². The molecular formula is C24H25N7OS. The highest BCUT2D eigenvalue weighted by atomic mass is 32.1. The fourth-order valence-corrected chi connectivity index (χ4v) is 4.77. The lowest BCUT2D eigenvalue weighted by atomic mass is 10.0. The van der Waals surface area contributed by atoms with E-state index < -0.39 is 0 Å². The van der Waals surface area contributed by atoms with Gasteiger partial charge < -0.3 is 21.1 Å². The molecule has 0 radical (unpaired) electrons. The largest absolute Gasteiger partial charge is 0.507 e. The maximum atomic E-state index is 10.9. The maximum Gasteiger partial charge on any atom is 0.164 e. The second kappa shape index (κ2) is 8.76. The predicted octanol–water partition coefficient (Wildman–Crippen LogP) is 3.47. The number of aromatic nitrogens is 3. The molecule has 0 amide bonds. The Bertz CT molecular complexity index is 1350. The van der Waals surface area contributed by atoms with E-state index in [-0.39, 0.29) is 5.75 Å². The Balaban J connectivity index is 1.72. The van der Waals surface area contributed by atoms with Crippen LogP contribution in [0.25, 0.3) is 32.9 Å². The summed E-state index contributed by atoms with van der Waals surface area (Å²) in [6.07, 6.45) is 3.49. The Kier molecular flexibility index (Phi) is 5.65. The molecule has 1 fully saturated rings. The Morgan fingerprint density at radius 2 is 2.03 bits per heavy atom. The van der Waals surface area contributed by atoms with Crippen molar-refractivity contribution in [3.8, 4) is 27.7 Å². The molecule has 2 aromatic heterocycles. The van der Waals surface area contributed by atoms with Gasteiger partial charge in [0, 0.05) is 73.5 Å². The monoisotopic (exact) mass is 459 g/mol. The van der Waals surface area contributed by atoms with Crippen molar-refractivity contribution in [1.82, 2.24) is 20.3 Å². The highest BCUT2D eigenvalue weighted by Crippen LogP contribution is 2.38. The molecule has 9 heteroatoms. The summed E-state index contributed by atoms with van der Waals surface area (Å²) in [5.41, 5.74) is 13.1. The first kappa shape index (κ1) is 21.3. The lowest BCUT2D eigenvalue weighted by molar-refractivity contribution is 0.473. The number of hydrogen-bond acceptors (Lipinski definition) is 9. The van der Waals surface area contributed by atoms with Crippen molar-refractivity contribution in [2.45, 2.75) is 6.92 Å². The molecular weight excluding hydrogens is 434 g/mol. The summed E-state index contributed by atoms with van der Waals surface area (Å²) in [7, 11) is 1.69. The van der Waals surface area contributed by atoms with Crippen molar-refractivity contribution in [2.24, 2.45) is 4.99 Å². The molecule has 0 spiro atoms. The van der Waals surface area contributed by atoms with Crippen LogP contribution in [0.15, 0.2) is 41.0 Å². The van der Waals surface area contributed by atoms with Crippen molar-refractivity contribution in [3.05, 3.63) is 47.1 Å². The number of aromatic hydroxyl groups is 1. The number of hydrogen-bond donors (Lipinski definition) is 3. The SMILES string of the molecule is CN=Cc1cc(-c2nc(-c3cncs3)c3cc(N4CCNCC4)ccc3n2)c(O)c(C)c1N. The van der Waals surface area contributed by atoms with Gasteiger partial charge >= 0.3 is 0 Å². The van der Waals surface area contributed by atoms with Crippen molar-refractivity contribution in [3.63, 3.8) is 0 Å². The van der Waals surface area contributed by atoms with Gasteiger partial charge in [0.2, 0.25) is 0 Å². The number of benzene rings is 2. The molecule has 168 valence electrons. The Labute approximate surface area is 195 Å². The predicted molar refractivity (Wildman–Crippen MR) is 135 cm³/mol. The topological polar surface area (TPSA) is 113 Å². The number of phenolic OH excluding ortho intramolecular Hbond substituents is 1. The average Bonchev–Trinajstić information content (AvgIpc) is 3.39. The van der Waals surface area contributed by atoms with Gasteiger partial charge in [-0.3, -0.25) is 9.98 Å². The zero-order valence-electron chi connectivity index (χ0n) is 18.5. The van der Waals surface area contributed by atoms with Crippen LogP contribution in [0.3, 0.4) is 0 Å². The molecule has 0 bridgehead atoms. The molecule has 1 saturated heterocycles. The summed E-state index contributed by atoms with van der Waals surface area (Å²) in [6.45, 7) is 5.64. The molecule has 33 heavy (non-hydrogen) atoms. The molecule has 4 N–H and O–H groups in total. The zero-order valence-corrected chi connectivity index (χ0v) is 19.4. The van der Waals surface area contributed by atoms with E-state index in [0.29, 0.717) is 22.6 Å². The quantitative estimate of drug-likeness (QED) is 0.316. The van der Waals surface area contributed by atoms with Crippen molar-refractivity contribution < 1.29 is 5.11 Å². The van der Waals surface area contributed by atoms with Gasteiger partial charge in [-0.1, -0.05) is 0 Å². The van der Waals surface area contributed by atoms with Crippen LogP contribution in [0.1, 0.15) is 11.1 Å². The summed E-state index contributed by atoms with van der Waals surface area (Å²) in [5, 5.41) is 15.3. The molecule has 2 aromatic carbocycles. The van der Waals surface area contributed by atoms with Gasteiger partial charge in [0.1, 0.15) is 5.75 Å². The first-order chi connectivity index (χ1) is 16.1. The minimum Gasteiger partial charge on any atom is -0.507 e. The van der Waals surface area contributed by atoms with E-state index in [2.05, 4.69) is 32.3 Å². The number of phenols is 1. The van der Waals surface area contributed by atoms with Crippen LogP contribution in [-0.2, 0) is 0 Å². The second-order valence-corrected chi connectivity index (χ2v) is 8.87. The number of nitrogens with two attached hydrogens (primary N) is 1. The normalized spacial score (nSPS) is 14.4. The molecule has 1 aliphatic rings. The molecule has 0 unspecified atom stereocenters. The maximum absolute atomic E-state index is 10.9. The number of anilines is 2. The van der Waals surface area contributed by atoms with Crippen LogP contribution in [0, 0.1) is 6.92 Å². The summed E-state index contributed by atoms with van der Waals surface area (Å²) in [4.78, 5) is 21.4. The van der Waals surface area contributed by atoms with Gasteiger partial charge in [-0.05, 0) is 31.2 Å². The Hall–Kier alpha value is -3.56. The Morgan fingerprint density at radius 1 is 1.21 bits per heavy atom. The first-order valence-electron chi connectivity index (χ1n) is 10.8. The summed E-state index contributed by atoms with van der Waals surface area (Å²) in [5.74, 6) is 0.514. The van der Waals surface area contributed by atoms with Crippen LogP contribution >= 0.6 is 11.3 Å². The zero-order chi connectivity index (χ0) is 22.9. The first-order valence-corrected chi connectivity index (χ1v) is 11.7. The second-order valence-electron chi connectivity index (χ2n) is 7.99. The van der Waals surface area contributed by atoms with E-state index in [0.717, 1.165) is 58.9 Å². The van der Waals surface area contributed by atoms with E-state index in [1.54, 1.807) is 31.8 Å². The molecule has 0 saturated carbocycles. The van der Waals surface area contributed by atoms with Gasteiger partial charge in [-0.2, -0.15) is 0 Å². The van der Waals surface area contributed by atoms with E-state index >= 15 is 0 Å². The van der Waals surface area contributed by atoms with E-state index in [9.17, 15) is 5.11 Å². The Morgan fingerprint density at radius 3 is 2.76 bits per heavy atom. The van der Waals surface area contributed by atoms with Gasteiger partial charge in [0.15, 0.2) is 5.82 Å². The smallest absolute Gasteiger partial charge is 0.164 e. The number of thiazole rings is 1.